The van der Waals surface area contributed by atoms with Crippen LogP contribution in [0.4, 0.5) is 10.8 Å². The zero-order valence-electron chi connectivity index (χ0n) is 19.2. The van der Waals surface area contributed by atoms with Gasteiger partial charge in [-0.05, 0) is 18.9 Å². The average molecular weight is 499 g/mol. The molecular weight excluding hydrogens is 472 g/mol. The Hall–Kier alpha value is -3.41. The van der Waals surface area contributed by atoms with Crippen LogP contribution in [-0.2, 0) is 4.79 Å². The quantitative estimate of drug-likeness (QED) is 0.338. The van der Waals surface area contributed by atoms with Crippen LogP contribution in [0.1, 0.15) is 70.2 Å². The molecule has 35 heavy (non-hydrogen) atoms. The van der Waals surface area contributed by atoms with Gasteiger partial charge in [-0.25, -0.2) is 0 Å². The molecule has 2 aliphatic heterocycles. The van der Waals surface area contributed by atoms with E-state index in [9.17, 15) is 24.5 Å². The Morgan fingerprint density at radius 3 is 2.51 bits per heavy atom. The molecule has 3 aliphatic rings. The molecule has 1 aliphatic carbocycles. The van der Waals surface area contributed by atoms with Crippen molar-refractivity contribution in [1.29, 1.82) is 0 Å². The zero-order valence-corrected chi connectivity index (χ0v) is 20.0. The number of rotatable bonds is 6. The Labute approximate surface area is 205 Å². The van der Waals surface area contributed by atoms with Crippen molar-refractivity contribution in [3.05, 3.63) is 44.4 Å². The van der Waals surface area contributed by atoms with Gasteiger partial charge >= 0.3 is 0 Å². The minimum Gasteiger partial charge on any atom is -0.343 e. The number of nitro groups is 1. The van der Waals surface area contributed by atoms with Crippen LogP contribution in [-0.4, -0.2) is 75.4 Å². The van der Waals surface area contributed by atoms with E-state index in [0.29, 0.717) is 32.1 Å². The SMILES string of the molecule is O=C(CCN1C(=O)c2cccc([N+](=O)[O-])c2C1=O)N1CCN(c2nnc(C3CCCCC3)s2)CC1. The number of amides is 3. The maximum atomic E-state index is 12.8. The van der Waals surface area contributed by atoms with Gasteiger partial charge in [-0.1, -0.05) is 36.7 Å². The largest absolute Gasteiger partial charge is 0.343 e. The number of carbonyl (C=O) groups excluding carboxylic acids is 3. The lowest BCUT2D eigenvalue weighted by molar-refractivity contribution is -0.385. The highest BCUT2D eigenvalue weighted by Crippen LogP contribution is 2.36. The van der Waals surface area contributed by atoms with Crippen LogP contribution >= 0.6 is 11.3 Å². The number of benzene rings is 1. The predicted octanol–water partition coefficient (Wildman–Crippen LogP) is 2.83. The van der Waals surface area contributed by atoms with Gasteiger partial charge in [0.15, 0.2) is 0 Å². The second kappa shape index (κ2) is 9.68. The summed E-state index contributed by atoms with van der Waals surface area (Å²) >= 11 is 1.65. The summed E-state index contributed by atoms with van der Waals surface area (Å²) in [6.45, 7) is 2.22. The molecule has 2 fully saturated rings. The van der Waals surface area contributed by atoms with Gasteiger partial charge in [-0.3, -0.25) is 29.4 Å². The molecule has 1 saturated heterocycles. The summed E-state index contributed by atoms with van der Waals surface area (Å²) in [5.41, 5.74) is -0.586. The van der Waals surface area contributed by atoms with Gasteiger partial charge in [-0.15, -0.1) is 10.2 Å². The van der Waals surface area contributed by atoms with E-state index in [1.807, 2.05) is 0 Å². The first-order valence-electron chi connectivity index (χ1n) is 11.9. The Bertz CT molecular complexity index is 1170. The first-order chi connectivity index (χ1) is 16.9. The van der Waals surface area contributed by atoms with Crippen molar-refractivity contribution in [1.82, 2.24) is 20.0 Å². The molecule has 0 radical (unpaired) electrons. The van der Waals surface area contributed by atoms with Crippen molar-refractivity contribution in [2.24, 2.45) is 0 Å². The molecule has 0 bridgehead atoms. The topological polar surface area (TPSA) is 130 Å². The van der Waals surface area contributed by atoms with Crippen LogP contribution < -0.4 is 4.90 Å². The fraction of sp³-hybridized carbons (Fsp3) is 0.522. The number of carbonyl (C=O) groups is 3. The minimum atomic E-state index is -0.722. The van der Waals surface area contributed by atoms with Crippen LogP contribution in [0.3, 0.4) is 0 Å². The fourth-order valence-electron chi connectivity index (χ4n) is 5.05. The van der Waals surface area contributed by atoms with Crippen LogP contribution in [0.15, 0.2) is 18.2 Å². The van der Waals surface area contributed by atoms with Gasteiger partial charge < -0.3 is 9.80 Å². The molecule has 184 valence electrons. The van der Waals surface area contributed by atoms with Crippen molar-refractivity contribution in [3.8, 4) is 0 Å². The molecule has 3 heterocycles. The predicted molar refractivity (Wildman–Crippen MR) is 128 cm³/mol. The monoisotopic (exact) mass is 498 g/mol. The van der Waals surface area contributed by atoms with E-state index >= 15 is 0 Å². The highest BCUT2D eigenvalue weighted by atomic mass is 32.1. The highest BCUT2D eigenvalue weighted by molar-refractivity contribution is 7.15. The smallest absolute Gasteiger partial charge is 0.282 e. The van der Waals surface area contributed by atoms with Crippen molar-refractivity contribution in [3.63, 3.8) is 0 Å². The van der Waals surface area contributed by atoms with Gasteiger partial charge in [-0.2, -0.15) is 0 Å². The van der Waals surface area contributed by atoms with E-state index in [2.05, 4.69) is 15.1 Å². The van der Waals surface area contributed by atoms with E-state index < -0.39 is 22.4 Å². The van der Waals surface area contributed by atoms with Crippen LogP contribution in [0.2, 0.25) is 0 Å². The number of fused-ring (bicyclic) bond motifs is 1. The molecule has 11 nitrogen and oxygen atoms in total. The van der Waals surface area contributed by atoms with Crippen LogP contribution in [0.5, 0.6) is 0 Å². The highest BCUT2D eigenvalue weighted by Gasteiger charge is 2.41. The van der Waals surface area contributed by atoms with Crippen LogP contribution in [0, 0.1) is 10.1 Å². The second-order valence-electron chi connectivity index (χ2n) is 9.09. The number of aromatic nitrogens is 2. The fourth-order valence-corrected chi connectivity index (χ4v) is 6.12. The number of imide groups is 1. The number of anilines is 1. The molecule has 1 saturated carbocycles. The van der Waals surface area contributed by atoms with Gasteiger partial charge in [0.2, 0.25) is 11.0 Å². The molecule has 1 aromatic heterocycles. The molecule has 0 spiro atoms. The third-order valence-electron chi connectivity index (χ3n) is 7.01. The standard InChI is InChI=1S/C23H26N6O5S/c30-18(9-10-28-21(31)16-7-4-8-17(29(33)34)19(16)22(28)32)26-11-13-27(14-12-26)23-25-24-20(35-23)15-5-2-1-3-6-15/h4,7-8,15H,1-3,5-6,9-14H2. The molecule has 5 rings (SSSR count). The molecule has 12 heteroatoms. The Morgan fingerprint density at radius 2 is 1.80 bits per heavy atom. The maximum Gasteiger partial charge on any atom is 0.282 e. The van der Waals surface area contributed by atoms with Crippen molar-refractivity contribution >= 4 is 39.9 Å². The second-order valence-corrected chi connectivity index (χ2v) is 10.1. The van der Waals surface area contributed by atoms with Gasteiger partial charge in [0.25, 0.3) is 17.5 Å². The van der Waals surface area contributed by atoms with Gasteiger partial charge in [0.1, 0.15) is 10.6 Å². The Balaban J connectivity index is 1.14. The van der Waals surface area contributed by atoms with Crippen LogP contribution in [0.25, 0.3) is 0 Å². The number of piperazine rings is 1. The summed E-state index contributed by atoms with van der Waals surface area (Å²) in [5, 5.41) is 22.1. The average Bonchev–Trinajstić information content (AvgIpc) is 3.47. The number of nitrogens with zero attached hydrogens (tertiary/aromatic N) is 6. The molecule has 0 atom stereocenters. The van der Waals surface area contributed by atoms with Crippen molar-refractivity contribution in [2.45, 2.75) is 44.4 Å². The Kier molecular flexibility index (Phi) is 6.46. The first-order valence-corrected chi connectivity index (χ1v) is 12.8. The van der Waals surface area contributed by atoms with E-state index in [0.717, 1.165) is 15.0 Å². The molecule has 3 amide bonds. The lowest BCUT2D eigenvalue weighted by atomic mass is 9.90. The summed E-state index contributed by atoms with van der Waals surface area (Å²) in [6, 6.07) is 3.98. The minimum absolute atomic E-state index is 0.00918. The summed E-state index contributed by atoms with van der Waals surface area (Å²) in [7, 11) is 0. The molecule has 0 unspecified atom stereocenters. The number of hydrogen-bond acceptors (Lipinski definition) is 9. The normalized spacial score (nSPS) is 18.8. The zero-order chi connectivity index (χ0) is 24.5. The molecule has 0 N–H and O–H groups in total. The third kappa shape index (κ3) is 4.49. The molecule has 2 aromatic rings. The Morgan fingerprint density at radius 1 is 1.06 bits per heavy atom. The van der Waals surface area contributed by atoms with E-state index in [4.69, 9.17) is 0 Å². The van der Waals surface area contributed by atoms with Crippen molar-refractivity contribution < 1.29 is 19.3 Å². The lowest BCUT2D eigenvalue weighted by Gasteiger charge is -2.34. The van der Waals surface area contributed by atoms with Gasteiger partial charge in [0.05, 0.1) is 10.5 Å². The first kappa shape index (κ1) is 23.3. The van der Waals surface area contributed by atoms with E-state index in [1.54, 1.807) is 16.2 Å². The third-order valence-corrected chi connectivity index (χ3v) is 8.16. The molecular formula is C23H26N6O5S. The lowest BCUT2D eigenvalue weighted by Crippen LogP contribution is -2.49. The van der Waals surface area contributed by atoms with Gasteiger partial charge in [0, 0.05) is 51.1 Å². The maximum absolute atomic E-state index is 12.8. The summed E-state index contributed by atoms with van der Waals surface area (Å²) < 4.78 is 0. The summed E-state index contributed by atoms with van der Waals surface area (Å²) in [4.78, 5) is 53.5. The summed E-state index contributed by atoms with van der Waals surface area (Å²) in [5.74, 6) is -0.964. The van der Waals surface area contributed by atoms with Crippen molar-refractivity contribution in [2.75, 3.05) is 37.6 Å². The summed E-state index contributed by atoms with van der Waals surface area (Å²) in [6.07, 6.45) is 6.12. The van der Waals surface area contributed by atoms with E-state index in [-0.39, 0.29) is 30.0 Å². The molecule has 1 aromatic carbocycles. The number of hydrogen-bond donors (Lipinski definition) is 0. The number of nitro benzene ring substituents is 1. The van der Waals surface area contributed by atoms with E-state index in [1.165, 1.54) is 50.3 Å².